The Morgan fingerprint density at radius 3 is 1.96 bits per heavy atom. The fourth-order valence-electron chi connectivity index (χ4n) is 2.15. The molecule has 0 aromatic heterocycles. The van der Waals surface area contributed by atoms with Crippen LogP contribution in [0.3, 0.4) is 0 Å². The van der Waals surface area contributed by atoms with Crippen molar-refractivity contribution in [1.29, 1.82) is 0 Å². The van der Waals surface area contributed by atoms with E-state index in [0.717, 1.165) is 17.7 Å². The number of aliphatic hydroxyl groups is 1. The van der Waals surface area contributed by atoms with Crippen LogP contribution in [0.1, 0.15) is 11.1 Å². The summed E-state index contributed by atoms with van der Waals surface area (Å²) in [5.74, 6) is 0. The molecule has 0 aliphatic heterocycles. The Morgan fingerprint density at radius 2 is 1.52 bits per heavy atom. The third kappa shape index (κ3) is 4.33. The molecule has 0 amide bonds. The van der Waals surface area contributed by atoms with Gasteiger partial charge in [0.05, 0.1) is 21.6 Å². The number of alkyl halides is 3. The van der Waals surface area contributed by atoms with E-state index in [2.05, 4.69) is 5.32 Å². The number of halogens is 6. The summed E-state index contributed by atoms with van der Waals surface area (Å²) in [5.41, 5.74) is 2.97. The molecule has 3 nitrogen and oxygen atoms in total. The molecule has 25 heavy (non-hydrogen) atoms. The zero-order chi connectivity index (χ0) is 18.8. The minimum atomic E-state index is -4.97. The van der Waals surface area contributed by atoms with Crippen LogP contribution in [0.15, 0.2) is 36.4 Å². The van der Waals surface area contributed by atoms with Gasteiger partial charge < -0.3 is 16.2 Å². The zero-order valence-electron chi connectivity index (χ0n) is 12.7. The fraction of sp³-hybridized carbons (Fsp3) is 0.250. The summed E-state index contributed by atoms with van der Waals surface area (Å²) in [6, 6.07) is 8.38. The molecule has 9 heteroatoms. The Hall–Kier alpha value is -1.18. The number of nitrogens with two attached hydrogens (primary N) is 1. The van der Waals surface area contributed by atoms with E-state index < -0.39 is 23.9 Å². The van der Waals surface area contributed by atoms with Crippen LogP contribution in [0.4, 0.5) is 18.9 Å². The maximum Gasteiger partial charge on any atom is 0.423 e. The summed E-state index contributed by atoms with van der Waals surface area (Å²) >= 11 is 17.4. The molecule has 4 N–H and O–H groups in total. The van der Waals surface area contributed by atoms with Gasteiger partial charge in [-0.25, -0.2) is 0 Å². The van der Waals surface area contributed by atoms with Gasteiger partial charge in [-0.15, -0.1) is 0 Å². The first-order valence-electron chi connectivity index (χ1n) is 7.05. The molecule has 0 radical (unpaired) electrons. The van der Waals surface area contributed by atoms with Gasteiger partial charge in [-0.1, -0.05) is 46.9 Å². The Labute approximate surface area is 157 Å². The molecule has 0 aliphatic carbocycles. The first kappa shape index (κ1) is 20.1. The van der Waals surface area contributed by atoms with Gasteiger partial charge in [0.1, 0.15) is 0 Å². The molecular formula is C16H14Cl3F3N2O. The molecule has 0 unspecified atom stereocenters. The molecule has 0 heterocycles. The first-order valence-corrected chi connectivity index (χ1v) is 8.19. The van der Waals surface area contributed by atoms with Gasteiger partial charge >= 0.3 is 6.18 Å². The highest BCUT2D eigenvalue weighted by molar-refractivity contribution is 6.48. The summed E-state index contributed by atoms with van der Waals surface area (Å²) in [5, 5.41) is 12.5. The van der Waals surface area contributed by atoms with E-state index >= 15 is 0 Å². The van der Waals surface area contributed by atoms with Crippen molar-refractivity contribution < 1.29 is 18.3 Å². The third-order valence-electron chi connectivity index (χ3n) is 3.67. The van der Waals surface area contributed by atoms with Crippen LogP contribution in [-0.2, 0) is 12.1 Å². The maximum absolute atomic E-state index is 13.5. The molecule has 1 atom stereocenters. The monoisotopic (exact) mass is 412 g/mol. The first-order chi connectivity index (χ1) is 11.6. The molecular weight excluding hydrogens is 400 g/mol. The molecule has 0 saturated heterocycles. The minimum Gasteiger partial charge on any atom is -0.381 e. The molecule has 0 saturated carbocycles. The third-order valence-corrected chi connectivity index (χ3v) is 4.87. The summed E-state index contributed by atoms with van der Waals surface area (Å²) in [7, 11) is 0. The average molecular weight is 414 g/mol. The largest absolute Gasteiger partial charge is 0.423 e. The molecule has 0 fully saturated rings. The lowest BCUT2D eigenvalue weighted by molar-refractivity contribution is -0.260. The van der Waals surface area contributed by atoms with Gasteiger partial charge in [-0.05, 0) is 35.4 Å². The van der Waals surface area contributed by atoms with E-state index in [-0.39, 0.29) is 15.1 Å². The second kappa shape index (κ2) is 7.60. The van der Waals surface area contributed by atoms with Gasteiger partial charge in [0, 0.05) is 12.2 Å². The van der Waals surface area contributed by atoms with Gasteiger partial charge in [0.15, 0.2) is 0 Å². The molecule has 136 valence electrons. The average Bonchev–Trinajstić information content (AvgIpc) is 2.56. The van der Waals surface area contributed by atoms with E-state index in [1.807, 2.05) is 0 Å². The van der Waals surface area contributed by atoms with E-state index in [0.29, 0.717) is 12.2 Å². The van der Waals surface area contributed by atoms with Gasteiger partial charge in [0.25, 0.3) is 0 Å². The number of anilines is 1. The van der Waals surface area contributed by atoms with Crippen molar-refractivity contribution in [1.82, 2.24) is 0 Å². The van der Waals surface area contributed by atoms with Crippen LogP contribution in [0.5, 0.6) is 0 Å². The lowest BCUT2D eigenvalue weighted by Crippen LogP contribution is -2.47. The summed E-state index contributed by atoms with van der Waals surface area (Å²) in [4.78, 5) is 0. The van der Waals surface area contributed by atoms with Crippen LogP contribution in [0.25, 0.3) is 0 Å². The van der Waals surface area contributed by atoms with Crippen molar-refractivity contribution >= 4 is 40.5 Å². The Kier molecular flexibility index (Phi) is 6.12. The quantitative estimate of drug-likeness (QED) is 0.607. The van der Waals surface area contributed by atoms with E-state index in [1.54, 1.807) is 24.3 Å². The topological polar surface area (TPSA) is 58.3 Å². The van der Waals surface area contributed by atoms with Gasteiger partial charge in [0.2, 0.25) is 5.60 Å². The van der Waals surface area contributed by atoms with Crippen molar-refractivity contribution in [2.75, 3.05) is 11.9 Å². The van der Waals surface area contributed by atoms with Crippen LogP contribution >= 0.6 is 34.8 Å². The van der Waals surface area contributed by atoms with E-state index in [4.69, 9.17) is 40.5 Å². The van der Waals surface area contributed by atoms with E-state index in [1.165, 1.54) is 0 Å². The second-order valence-corrected chi connectivity index (χ2v) is 6.56. The van der Waals surface area contributed by atoms with Crippen molar-refractivity contribution in [3.05, 3.63) is 62.6 Å². The maximum atomic E-state index is 13.5. The van der Waals surface area contributed by atoms with Crippen LogP contribution < -0.4 is 11.1 Å². The van der Waals surface area contributed by atoms with Crippen LogP contribution in [-0.4, -0.2) is 17.8 Å². The number of hydrogen-bond acceptors (Lipinski definition) is 3. The predicted molar refractivity (Wildman–Crippen MR) is 94.2 cm³/mol. The Balaban J connectivity index is 2.34. The number of hydrogen-bond donors (Lipinski definition) is 3. The molecule has 0 bridgehead atoms. The SMILES string of the molecule is NCc1ccc(NC[C@@](O)(c2cc(Cl)c(Cl)c(Cl)c2)C(F)(F)F)cc1. The summed E-state index contributed by atoms with van der Waals surface area (Å²) < 4.78 is 40.6. The van der Waals surface area contributed by atoms with Crippen molar-refractivity contribution in [2.24, 2.45) is 5.73 Å². The van der Waals surface area contributed by atoms with Crippen molar-refractivity contribution in [3.63, 3.8) is 0 Å². The Morgan fingerprint density at radius 1 is 1.00 bits per heavy atom. The lowest BCUT2D eigenvalue weighted by Gasteiger charge is -2.32. The molecule has 0 spiro atoms. The highest BCUT2D eigenvalue weighted by Gasteiger charge is 2.55. The van der Waals surface area contributed by atoms with Gasteiger partial charge in [-0.3, -0.25) is 0 Å². The lowest BCUT2D eigenvalue weighted by atomic mass is 9.92. The van der Waals surface area contributed by atoms with Crippen molar-refractivity contribution in [2.45, 2.75) is 18.3 Å². The van der Waals surface area contributed by atoms with Crippen molar-refractivity contribution in [3.8, 4) is 0 Å². The second-order valence-electron chi connectivity index (χ2n) is 5.37. The van der Waals surface area contributed by atoms with Gasteiger partial charge in [-0.2, -0.15) is 13.2 Å². The predicted octanol–water partition coefficient (Wildman–Crippen LogP) is 4.97. The summed E-state index contributed by atoms with van der Waals surface area (Å²) in [6.45, 7) is -0.526. The summed E-state index contributed by atoms with van der Waals surface area (Å²) in [6.07, 6.45) is -4.97. The molecule has 2 aromatic rings. The normalized spacial score (nSPS) is 14.2. The highest BCUT2D eigenvalue weighted by Crippen LogP contribution is 2.43. The smallest absolute Gasteiger partial charge is 0.381 e. The molecule has 2 aromatic carbocycles. The fourth-order valence-corrected chi connectivity index (χ4v) is 2.75. The highest BCUT2D eigenvalue weighted by atomic mass is 35.5. The zero-order valence-corrected chi connectivity index (χ0v) is 14.9. The number of nitrogens with one attached hydrogen (secondary N) is 1. The molecule has 0 aliphatic rings. The Bertz CT molecular complexity index is 730. The van der Waals surface area contributed by atoms with E-state index in [9.17, 15) is 18.3 Å². The standard InChI is InChI=1S/C16H14Cl3F3N2O/c17-12-5-10(6-13(18)14(12)19)15(25,16(20,21)22)8-24-11-3-1-9(7-23)2-4-11/h1-6,24-25H,7-8,23H2/t15-/m1/s1. The minimum absolute atomic E-state index is 0.0815. The van der Waals surface area contributed by atoms with Crippen LogP contribution in [0, 0.1) is 0 Å². The number of benzene rings is 2. The molecule has 2 rings (SSSR count). The van der Waals surface area contributed by atoms with Crippen LogP contribution in [0.2, 0.25) is 15.1 Å². The number of rotatable bonds is 5.